The Balaban J connectivity index is 3.44. The number of nitrogens with one attached hydrogen (secondary N) is 1. The van der Waals surface area contributed by atoms with Gasteiger partial charge in [-0.15, -0.1) is 0 Å². The van der Waals surface area contributed by atoms with Gasteiger partial charge in [-0.05, 0) is 22.0 Å². The highest BCUT2D eigenvalue weighted by atomic mass is 79.9. The van der Waals surface area contributed by atoms with Gasteiger partial charge in [0.15, 0.2) is 11.5 Å². The maximum absolute atomic E-state index is 11.5. The minimum absolute atomic E-state index is 0.0207. The van der Waals surface area contributed by atoms with Gasteiger partial charge in [0.1, 0.15) is 4.90 Å². The Morgan fingerprint density at radius 3 is 2.19 bits per heavy atom. The van der Waals surface area contributed by atoms with Crippen LogP contribution < -0.4 is 20.1 Å². The van der Waals surface area contributed by atoms with E-state index in [0.29, 0.717) is 16.0 Å². The molecule has 0 aliphatic carbocycles. The largest absolute Gasteiger partial charge is 0.493 e. The molecule has 0 amide bonds. The fourth-order valence-corrected chi connectivity index (χ4v) is 2.77. The summed E-state index contributed by atoms with van der Waals surface area (Å²) in [5.74, 6) is 5.67. The second-order valence-electron chi connectivity index (χ2n) is 2.76. The average Bonchev–Trinajstić information content (AvgIpc) is 2.28. The molecule has 8 heteroatoms. The molecule has 0 saturated carbocycles. The lowest BCUT2D eigenvalue weighted by Gasteiger charge is -2.11. The molecule has 90 valence electrons. The molecule has 16 heavy (non-hydrogen) atoms. The molecule has 0 fully saturated rings. The fourth-order valence-electron chi connectivity index (χ4n) is 1.10. The van der Waals surface area contributed by atoms with Gasteiger partial charge in [-0.1, -0.05) is 0 Å². The summed E-state index contributed by atoms with van der Waals surface area (Å²) < 4.78 is 33.4. The highest BCUT2D eigenvalue weighted by Crippen LogP contribution is 2.35. The van der Waals surface area contributed by atoms with Gasteiger partial charge < -0.3 is 9.47 Å². The molecule has 3 N–H and O–H groups in total. The topological polar surface area (TPSA) is 90.7 Å². The van der Waals surface area contributed by atoms with E-state index in [9.17, 15) is 8.42 Å². The van der Waals surface area contributed by atoms with E-state index in [0.717, 1.165) is 0 Å². The van der Waals surface area contributed by atoms with Gasteiger partial charge in [0.05, 0.1) is 14.2 Å². The van der Waals surface area contributed by atoms with Crippen molar-refractivity contribution in [3.8, 4) is 11.5 Å². The number of sulfonamides is 1. The lowest BCUT2D eigenvalue weighted by atomic mass is 10.3. The van der Waals surface area contributed by atoms with Crippen molar-refractivity contribution in [1.82, 2.24) is 4.83 Å². The summed E-state index contributed by atoms with van der Waals surface area (Å²) in [6, 6.07) is 2.81. The SMILES string of the molecule is COc1cc(Br)c(S(=O)(=O)NN)cc1OC. The van der Waals surface area contributed by atoms with Crippen LogP contribution in [-0.2, 0) is 10.0 Å². The van der Waals surface area contributed by atoms with Crippen molar-refractivity contribution in [2.45, 2.75) is 4.90 Å². The molecule has 0 unspecified atom stereocenters. The maximum Gasteiger partial charge on any atom is 0.254 e. The molecule has 1 aromatic carbocycles. The van der Waals surface area contributed by atoms with Crippen molar-refractivity contribution >= 4 is 26.0 Å². The fraction of sp³-hybridized carbons (Fsp3) is 0.250. The van der Waals surface area contributed by atoms with Crippen LogP contribution in [0.2, 0.25) is 0 Å². The van der Waals surface area contributed by atoms with Crippen molar-refractivity contribution in [2.75, 3.05) is 14.2 Å². The molecule has 0 aromatic heterocycles. The highest BCUT2D eigenvalue weighted by molar-refractivity contribution is 9.10. The Hall–Kier alpha value is -0.830. The van der Waals surface area contributed by atoms with E-state index in [1.54, 1.807) is 4.83 Å². The predicted molar refractivity (Wildman–Crippen MR) is 61.8 cm³/mol. The molecule has 1 rings (SSSR count). The Morgan fingerprint density at radius 2 is 1.75 bits per heavy atom. The summed E-state index contributed by atoms with van der Waals surface area (Å²) in [5, 5.41) is 0. The highest BCUT2D eigenvalue weighted by Gasteiger charge is 2.19. The number of hydrogen-bond acceptors (Lipinski definition) is 5. The molecule has 0 atom stereocenters. The lowest BCUT2D eigenvalue weighted by molar-refractivity contribution is 0.353. The molecule has 6 nitrogen and oxygen atoms in total. The molecule has 0 aliphatic heterocycles. The quantitative estimate of drug-likeness (QED) is 0.628. The number of hydrazine groups is 1. The van der Waals surface area contributed by atoms with Crippen LogP contribution in [0.4, 0.5) is 0 Å². The van der Waals surface area contributed by atoms with Gasteiger partial charge >= 0.3 is 0 Å². The van der Waals surface area contributed by atoms with E-state index >= 15 is 0 Å². The summed E-state index contributed by atoms with van der Waals surface area (Å²) in [7, 11) is -0.868. The number of benzene rings is 1. The van der Waals surface area contributed by atoms with E-state index in [1.807, 2.05) is 0 Å². The monoisotopic (exact) mass is 310 g/mol. The summed E-state index contributed by atoms with van der Waals surface area (Å²) in [4.78, 5) is 1.71. The molecular formula is C8H11BrN2O4S. The van der Waals surface area contributed by atoms with Crippen LogP contribution in [0.15, 0.2) is 21.5 Å². The molecule has 0 aliphatic rings. The minimum atomic E-state index is -3.74. The van der Waals surface area contributed by atoms with E-state index < -0.39 is 10.0 Å². The first-order valence-electron chi connectivity index (χ1n) is 4.10. The molecule has 0 spiro atoms. The zero-order chi connectivity index (χ0) is 12.3. The second kappa shape index (κ2) is 5.00. The molecule has 0 radical (unpaired) electrons. The second-order valence-corrected chi connectivity index (χ2v) is 5.30. The number of hydrogen-bond donors (Lipinski definition) is 2. The Kier molecular flexibility index (Phi) is 4.14. The summed E-state index contributed by atoms with van der Waals surface area (Å²) in [6.07, 6.45) is 0. The smallest absolute Gasteiger partial charge is 0.254 e. The number of halogens is 1. The molecule has 0 saturated heterocycles. The summed E-state index contributed by atoms with van der Waals surface area (Å²) >= 11 is 3.12. The summed E-state index contributed by atoms with van der Waals surface area (Å²) in [5.41, 5.74) is 0. The first-order valence-corrected chi connectivity index (χ1v) is 6.37. The number of rotatable bonds is 4. The van der Waals surface area contributed by atoms with E-state index in [2.05, 4.69) is 15.9 Å². The standard InChI is InChI=1S/C8H11BrN2O4S/c1-14-6-3-5(9)8(4-7(6)15-2)16(12,13)11-10/h3-4,11H,10H2,1-2H3. The molecule has 0 heterocycles. The van der Waals surface area contributed by atoms with Crippen molar-refractivity contribution in [3.05, 3.63) is 16.6 Å². The van der Waals surface area contributed by atoms with Crippen molar-refractivity contribution in [2.24, 2.45) is 5.84 Å². The van der Waals surface area contributed by atoms with Crippen LogP contribution in [0.5, 0.6) is 11.5 Å². The summed E-state index contributed by atoms with van der Waals surface area (Å²) in [6.45, 7) is 0. The third kappa shape index (κ3) is 2.46. The molecule has 1 aromatic rings. The van der Waals surface area contributed by atoms with Gasteiger partial charge in [-0.3, -0.25) is 5.84 Å². The maximum atomic E-state index is 11.5. The zero-order valence-electron chi connectivity index (χ0n) is 8.65. The van der Waals surface area contributed by atoms with Crippen LogP contribution in [0.3, 0.4) is 0 Å². The van der Waals surface area contributed by atoms with Crippen LogP contribution in [0.25, 0.3) is 0 Å². The van der Waals surface area contributed by atoms with Gasteiger partial charge in [0.25, 0.3) is 10.0 Å². The molecular weight excluding hydrogens is 300 g/mol. The van der Waals surface area contributed by atoms with E-state index in [-0.39, 0.29) is 4.90 Å². The van der Waals surface area contributed by atoms with Gasteiger partial charge in [0, 0.05) is 10.5 Å². The first-order chi connectivity index (χ1) is 7.46. The Morgan fingerprint density at radius 1 is 1.25 bits per heavy atom. The van der Waals surface area contributed by atoms with Gasteiger partial charge in [-0.2, -0.15) is 4.83 Å². The Bertz CT molecular complexity index is 489. The number of methoxy groups -OCH3 is 2. The van der Waals surface area contributed by atoms with Gasteiger partial charge in [-0.25, -0.2) is 8.42 Å². The van der Waals surface area contributed by atoms with Crippen molar-refractivity contribution in [1.29, 1.82) is 0 Å². The Labute approximate surface area is 102 Å². The number of nitrogens with two attached hydrogens (primary N) is 1. The van der Waals surface area contributed by atoms with Crippen LogP contribution in [-0.4, -0.2) is 22.6 Å². The average molecular weight is 311 g/mol. The normalized spacial score (nSPS) is 11.2. The van der Waals surface area contributed by atoms with Crippen LogP contribution in [0.1, 0.15) is 0 Å². The van der Waals surface area contributed by atoms with Gasteiger partial charge in [0.2, 0.25) is 0 Å². The zero-order valence-corrected chi connectivity index (χ0v) is 11.1. The third-order valence-corrected chi connectivity index (χ3v) is 4.03. The van der Waals surface area contributed by atoms with Crippen LogP contribution >= 0.6 is 15.9 Å². The predicted octanol–water partition coefficient (Wildman–Crippen LogP) is 0.618. The van der Waals surface area contributed by atoms with E-state index in [1.165, 1.54) is 26.4 Å². The first kappa shape index (κ1) is 13.2. The van der Waals surface area contributed by atoms with Crippen molar-refractivity contribution < 1.29 is 17.9 Å². The van der Waals surface area contributed by atoms with Crippen molar-refractivity contribution in [3.63, 3.8) is 0 Å². The van der Waals surface area contributed by atoms with E-state index in [4.69, 9.17) is 15.3 Å². The minimum Gasteiger partial charge on any atom is -0.493 e. The number of ether oxygens (including phenoxy) is 2. The lowest BCUT2D eigenvalue weighted by Crippen LogP contribution is -2.30. The van der Waals surface area contributed by atoms with Crippen LogP contribution in [0, 0.1) is 0 Å². The third-order valence-electron chi connectivity index (χ3n) is 1.88. The molecule has 0 bridgehead atoms.